The van der Waals surface area contributed by atoms with Crippen molar-refractivity contribution in [3.63, 3.8) is 0 Å². The van der Waals surface area contributed by atoms with E-state index in [-0.39, 0.29) is 11.8 Å². The Morgan fingerprint density at radius 2 is 1.97 bits per heavy atom. The van der Waals surface area contributed by atoms with E-state index < -0.39 is 5.92 Å². The molecule has 0 aliphatic carbocycles. The Bertz CT molecular complexity index is 1110. The molecular formula is C22H19ClIN3O3. The largest absolute Gasteiger partial charge is 0.487 e. The van der Waals surface area contributed by atoms with E-state index in [1.54, 1.807) is 4.68 Å². The summed E-state index contributed by atoms with van der Waals surface area (Å²) in [5.74, 6) is -0.221. The van der Waals surface area contributed by atoms with Crippen LogP contribution in [0.2, 0.25) is 5.02 Å². The van der Waals surface area contributed by atoms with Gasteiger partial charge >= 0.3 is 0 Å². The highest BCUT2D eigenvalue weighted by Crippen LogP contribution is 2.40. The Labute approximate surface area is 192 Å². The summed E-state index contributed by atoms with van der Waals surface area (Å²) in [4.78, 5) is 23.8. The maximum atomic E-state index is 12.3. The summed E-state index contributed by atoms with van der Waals surface area (Å²) in [6.45, 7) is 0.392. The number of amides is 2. The number of benzene rings is 2. The lowest BCUT2D eigenvalue weighted by atomic mass is 9.88. The summed E-state index contributed by atoms with van der Waals surface area (Å²) in [6.07, 6.45) is 2.66. The first-order chi connectivity index (χ1) is 14.4. The van der Waals surface area contributed by atoms with Crippen molar-refractivity contribution in [3.8, 4) is 16.9 Å². The van der Waals surface area contributed by atoms with Gasteiger partial charge in [0.2, 0.25) is 11.8 Å². The molecule has 1 aliphatic rings. The van der Waals surface area contributed by atoms with E-state index in [4.69, 9.17) is 16.3 Å². The Balaban J connectivity index is 1.57. The van der Waals surface area contributed by atoms with Crippen LogP contribution in [-0.4, -0.2) is 21.6 Å². The highest BCUT2D eigenvalue weighted by Gasteiger charge is 2.30. The molecule has 3 aromatic rings. The molecule has 154 valence electrons. The van der Waals surface area contributed by atoms with Crippen LogP contribution in [0.15, 0.2) is 48.7 Å². The molecule has 0 radical (unpaired) electrons. The van der Waals surface area contributed by atoms with Gasteiger partial charge < -0.3 is 4.74 Å². The van der Waals surface area contributed by atoms with Crippen LogP contribution < -0.4 is 10.1 Å². The average molecular weight is 536 g/mol. The van der Waals surface area contributed by atoms with Crippen LogP contribution in [0.1, 0.15) is 30.0 Å². The highest BCUT2D eigenvalue weighted by molar-refractivity contribution is 14.1. The van der Waals surface area contributed by atoms with Crippen LogP contribution in [0.4, 0.5) is 0 Å². The smallest absolute Gasteiger partial charge is 0.234 e. The standard InChI is InChI=1S/C22H19ClIN3O3/c1-27-11-10-14(26-27)12-30-15-4-2-13(3-5-15)20-18(24)8-6-16(21(20)23)17-7-9-19(28)25-22(17)29/h2-6,8,10-11,17H,7,9,12H2,1H3,(H,25,28,29). The van der Waals surface area contributed by atoms with Crippen LogP contribution in [-0.2, 0) is 23.2 Å². The van der Waals surface area contributed by atoms with Gasteiger partial charge in [-0.15, -0.1) is 0 Å². The van der Waals surface area contributed by atoms with Crippen molar-refractivity contribution in [2.75, 3.05) is 0 Å². The molecule has 1 N–H and O–H groups in total. The maximum Gasteiger partial charge on any atom is 0.234 e. The number of ether oxygens (including phenoxy) is 1. The van der Waals surface area contributed by atoms with Gasteiger partial charge in [0.15, 0.2) is 0 Å². The van der Waals surface area contributed by atoms with Crippen molar-refractivity contribution in [1.29, 1.82) is 0 Å². The summed E-state index contributed by atoms with van der Waals surface area (Å²) in [7, 11) is 1.87. The lowest BCUT2D eigenvalue weighted by molar-refractivity contribution is -0.134. The van der Waals surface area contributed by atoms with Crippen molar-refractivity contribution < 1.29 is 14.3 Å². The van der Waals surface area contributed by atoms with Crippen molar-refractivity contribution in [2.45, 2.75) is 25.4 Å². The van der Waals surface area contributed by atoms with Gasteiger partial charge in [0.25, 0.3) is 0 Å². The van der Waals surface area contributed by atoms with Gasteiger partial charge in [0.1, 0.15) is 12.4 Å². The van der Waals surface area contributed by atoms with Gasteiger partial charge in [0.05, 0.1) is 16.6 Å². The third-order valence-electron chi connectivity index (χ3n) is 5.03. The molecule has 1 saturated heterocycles. The zero-order chi connectivity index (χ0) is 21.3. The molecule has 1 fully saturated rings. The first-order valence-corrected chi connectivity index (χ1v) is 10.9. The van der Waals surface area contributed by atoms with Gasteiger partial charge in [-0.25, -0.2) is 0 Å². The second kappa shape index (κ2) is 8.77. The monoisotopic (exact) mass is 535 g/mol. The second-order valence-electron chi connectivity index (χ2n) is 7.12. The molecule has 0 spiro atoms. The second-order valence-corrected chi connectivity index (χ2v) is 8.66. The summed E-state index contributed by atoms with van der Waals surface area (Å²) in [6, 6.07) is 13.4. The van der Waals surface area contributed by atoms with Gasteiger partial charge in [-0.05, 0) is 64.4 Å². The maximum absolute atomic E-state index is 12.3. The fourth-order valence-corrected chi connectivity index (χ4v) is 4.83. The number of nitrogens with zero attached hydrogens (tertiary/aromatic N) is 2. The van der Waals surface area contributed by atoms with E-state index in [0.29, 0.717) is 24.5 Å². The van der Waals surface area contributed by atoms with Gasteiger partial charge in [0, 0.05) is 28.8 Å². The number of halogens is 2. The summed E-state index contributed by atoms with van der Waals surface area (Å²) < 4.78 is 8.52. The predicted octanol–water partition coefficient (Wildman–Crippen LogP) is 4.44. The number of carbonyl (C=O) groups excluding carboxylic acids is 2. The number of rotatable bonds is 5. The number of hydrogen-bond donors (Lipinski definition) is 1. The molecule has 1 aliphatic heterocycles. The van der Waals surface area contributed by atoms with Crippen LogP contribution in [0.3, 0.4) is 0 Å². The van der Waals surface area contributed by atoms with Crippen LogP contribution >= 0.6 is 34.2 Å². The minimum Gasteiger partial charge on any atom is -0.487 e. The third-order valence-corrected chi connectivity index (χ3v) is 6.34. The predicted molar refractivity (Wildman–Crippen MR) is 122 cm³/mol. The van der Waals surface area contributed by atoms with Gasteiger partial charge in [-0.2, -0.15) is 5.10 Å². The SMILES string of the molecule is Cn1ccc(COc2ccc(-c3c(I)ccc(C4CCC(=O)NC4=O)c3Cl)cc2)n1. The van der Waals surface area contributed by atoms with E-state index in [0.717, 1.165) is 31.7 Å². The van der Waals surface area contributed by atoms with Crippen LogP contribution in [0, 0.1) is 3.57 Å². The quantitative estimate of drug-likeness (QED) is 0.387. The number of nitrogens with one attached hydrogen (secondary N) is 1. The fraction of sp³-hybridized carbons (Fsp3) is 0.227. The summed E-state index contributed by atoms with van der Waals surface area (Å²) in [5.41, 5.74) is 3.41. The van der Waals surface area contributed by atoms with Gasteiger partial charge in [-0.1, -0.05) is 29.8 Å². The zero-order valence-corrected chi connectivity index (χ0v) is 19.1. The summed E-state index contributed by atoms with van der Waals surface area (Å²) >= 11 is 9.00. The normalized spacial score (nSPS) is 16.4. The molecule has 1 atom stereocenters. The van der Waals surface area contributed by atoms with Crippen LogP contribution in [0.25, 0.3) is 11.1 Å². The molecule has 6 nitrogen and oxygen atoms in total. The molecule has 8 heteroatoms. The lowest BCUT2D eigenvalue weighted by Gasteiger charge is -2.23. The fourth-order valence-electron chi connectivity index (χ4n) is 3.51. The van der Waals surface area contributed by atoms with E-state index in [1.807, 2.05) is 55.7 Å². The molecule has 0 saturated carbocycles. The third kappa shape index (κ3) is 4.37. The molecule has 1 aromatic heterocycles. The van der Waals surface area contributed by atoms with Crippen molar-refractivity contribution in [1.82, 2.24) is 15.1 Å². The first kappa shape index (κ1) is 20.9. The minimum absolute atomic E-state index is 0.237. The average Bonchev–Trinajstić information content (AvgIpc) is 3.13. The molecule has 2 aromatic carbocycles. The topological polar surface area (TPSA) is 73.2 Å². The van der Waals surface area contributed by atoms with Crippen molar-refractivity contribution in [3.05, 3.63) is 68.5 Å². The molecule has 2 amide bonds. The number of piperidine rings is 1. The van der Waals surface area contributed by atoms with E-state index >= 15 is 0 Å². The molecule has 2 heterocycles. The zero-order valence-electron chi connectivity index (χ0n) is 16.2. The number of carbonyl (C=O) groups is 2. The molecular weight excluding hydrogens is 517 g/mol. The van der Waals surface area contributed by atoms with Gasteiger partial charge in [-0.3, -0.25) is 19.6 Å². The Hall–Kier alpha value is -2.39. The molecule has 1 unspecified atom stereocenters. The van der Waals surface area contributed by atoms with Crippen molar-refractivity contribution >= 4 is 46.0 Å². The molecule has 30 heavy (non-hydrogen) atoms. The van der Waals surface area contributed by atoms with E-state index in [2.05, 4.69) is 33.0 Å². The Morgan fingerprint density at radius 1 is 1.20 bits per heavy atom. The molecule has 4 rings (SSSR count). The Morgan fingerprint density at radius 3 is 2.63 bits per heavy atom. The lowest BCUT2D eigenvalue weighted by Crippen LogP contribution is -2.39. The highest BCUT2D eigenvalue weighted by atomic mass is 127. The van der Waals surface area contributed by atoms with Crippen LogP contribution in [0.5, 0.6) is 5.75 Å². The molecule has 0 bridgehead atoms. The summed E-state index contributed by atoms with van der Waals surface area (Å²) in [5, 5.41) is 7.24. The first-order valence-electron chi connectivity index (χ1n) is 9.45. The number of hydrogen-bond acceptors (Lipinski definition) is 4. The van der Waals surface area contributed by atoms with Crippen molar-refractivity contribution in [2.24, 2.45) is 7.05 Å². The van der Waals surface area contributed by atoms with E-state index in [1.165, 1.54) is 0 Å². The Kier molecular flexibility index (Phi) is 6.10. The number of aryl methyl sites for hydroxylation is 1. The number of imide groups is 1. The number of aromatic nitrogens is 2. The van der Waals surface area contributed by atoms with E-state index in [9.17, 15) is 9.59 Å². The minimum atomic E-state index is -0.424.